The first-order valence-electron chi connectivity index (χ1n) is 6.13. The second kappa shape index (κ2) is 5.99. The summed E-state index contributed by atoms with van der Waals surface area (Å²) in [4.78, 5) is 2.59. The largest absolute Gasteiger partial charge is 0.329 e. The number of piperazine rings is 1. The smallest absolute Gasteiger partial charge is 0.121 e. The van der Waals surface area contributed by atoms with Gasteiger partial charge in [-0.3, -0.25) is 0 Å². The maximum Gasteiger partial charge on any atom is 0.121 e. The topological polar surface area (TPSA) is 18.5 Å². The van der Waals surface area contributed by atoms with Crippen molar-refractivity contribution >= 4 is 8.24 Å². The maximum atomic E-state index is 3.40. The Morgan fingerprint density at radius 2 is 1.80 bits per heavy atom. The van der Waals surface area contributed by atoms with E-state index in [2.05, 4.69) is 42.0 Å². The van der Waals surface area contributed by atoms with Crippen molar-refractivity contribution in [2.75, 3.05) is 46.8 Å². The van der Waals surface area contributed by atoms with Gasteiger partial charge in [0.2, 0.25) is 0 Å². The lowest BCUT2D eigenvalue weighted by Crippen LogP contribution is -2.46. The summed E-state index contributed by atoms with van der Waals surface area (Å²) in [5, 5.41) is 3.40. The molecule has 0 amide bonds. The summed E-state index contributed by atoms with van der Waals surface area (Å²) in [5.74, 6) is 0. The SMILES string of the molecule is CN(C)[Si](C)(C)CCCN1CCNCC1. The van der Waals surface area contributed by atoms with Gasteiger partial charge in [0.05, 0.1) is 0 Å². The fraction of sp³-hybridized carbons (Fsp3) is 1.00. The van der Waals surface area contributed by atoms with Crippen LogP contribution in [0, 0.1) is 0 Å². The van der Waals surface area contributed by atoms with E-state index in [4.69, 9.17) is 0 Å². The molecule has 0 aromatic carbocycles. The lowest BCUT2D eigenvalue weighted by atomic mass is 10.3. The molecule has 3 nitrogen and oxygen atoms in total. The van der Waals surface area contributed by atoms with Crippen LogP contribution in [-0.2, 0) is 0 Å². The van der Waals surface area contributed by atoms with E-state index in [1.54, 1.807) is 0 Å². The van der Waals surface area contributed by atoms with E-state index < -0.39 is 8.24 Å². The zero-order valence-electron chi connectivity index (χ0n) is 10.8. The normalized spacial score (nSPS) is 19.8. The zero-order valence-corrected chi connectivity index (χ0v) is 11.8. The highest BCUT2D eigenvalue weighted by Gasteiger charge is 2.23. The van der Waals surface area contributed by atoms with Gasteiger partial charge in [-0.05, 0) is 33.1 Å². The molecule has 0 aromatic rings. The third-order valence-corrected chi connectivity index (χ3v) is 7.68. The molecule has 1 aliphatic rings. The molecule has 0 aliphatic carbocycles. The van der Waals surface area contributed by atoms with Crippen LogP contribution in [0.2, 0.25) is 19.1 Å². The Labute approximate surface area is 95.9 Å². The summed E-state index contributed by atoms with van der Waals surface area (Å²) >= 11 is 0. The highest BCUT2D eigenvalue weighted by atomic mass is 28.3. The van der Waals surface area contributed by atoms with Gasteiger partial charge >= 0.3 is 0 Å². The van der Waals surface area contributed by atoms with Crippen LogP contribution in [0.25, 0.3) is 0 Å². The minimum absolute atomic E-state index is 1.07. The van der Waals surface area contributed by atoms with Gasteiger partial charge in [0.25, 0.3) is 0 Å². The Morgan fingerprint density at radius 3 is 2.33 bits per heavy atom. The van der Waals surface area contributed by atoms with E-state index in [9.17, 15) is 0 Å². The second-order valence-electron chi connectivity index (χ2n) is 5.40. The predicted molar refractivity (Wildman–Crippen MR) is 69.9 cm³/mol. The van der Waals surface area contributed by atoms with Gasteiger partial charge in [-0.25, -0.2) is 0 Å². The molecule has 0 bridgehead atoms. The summed E-state index contributed by atoms with van der Waals surface area (Å²) in [6.45, 7) is 11.1. The van der Waals surface area contributed by atoms with E-state index in [0.717, 1.165) is 0 Å². The molecule has 0 radical (unpaired) electrons. The van der Waals surface area contributed by atoms with Crippen LogP contribution in [0.4, 0.5) is 0 Å². The molecule has 1 fully saturated rings. The maximum absolute atomic E-state index is 3.40. The Hall–Kier alpha value is 0.0969. The summed E-state index contributed by atoms with van der Waals surface area (Å²) in [7, 11) is 3.39. The van der Waals surface area contributed by atoms with Gasteiger partial charge in [0, 0.05) is 26.2 Å². The molecule has 0 atom stereocenters. The summed E-state index contributed by atoms with van der Waals surface area (Å²) in [6, 6.07) is 1.42. The van der Waals surface area contributed by atoms with Gasteiger partial charge in [-0.1, -0.05) is 13.1 Å². The van der Waals surface area contributed by atoms with Crippen LogP contribution in [0.1, 0.15) is 6.42 Å². The molecule has 1 saturated heterocycles. The molecule has 15 heavy (non-hydrogen) atoms. The predicted octanol–water partition coefficient (Wildman–Crippen LogP) is 1.05. The first kappa shape index (κ1) is 13.2. The fourth-order valence-electron chi connectivity index (χ4n) is 1.89. The fourth-order valence-corrected chi connectivity index (χ4v) is 3.36. The first-order chi connectivity index (χ1) is 7.02. The third-order valence-electron chi connectivity index (χ3n) is 3.68. The number of rotatable bonds is 5. The minimum Gasteiger partial charge on any atom is -0.329 e. The van der Waals surface area contributed by atoms with Gasteiger partial charge in [-0.2, -0.15) is 0 Å². The number of nitrogens with one attached hydrogen (secondary N) is 1. The standard InChI is InChI=1S/C11H27N3Si/c1-13(2)15(3,4)11-5-8-14-9-6-12-7-10-14/h12H,5-11H2,1-4H3. The van der Waals surface area contributed by atoms with Crippen molar-refractivity contribution in [3.8, 4) is 0 Å². The van der Waals surface area contributed by atoms with Gasteiger partial charge in [0.15, 0.2) is 0 Å². The Bertz CT molecular complexity index is 177. The Balaban J connectivity index is 2.14. The van der Waals surface area contributed by atoms with Crippen LogP contribution >= 0.6 is 0 Å². The average molecular weight is 229 g/mol. The van der Waals surface area contributed by atoms with Gasteiger partial charge in [-0.15, -0.1) is 0 Å². The van der Waals surface area contributed by atoms with E-state index in [1.165, 1.54) is 45.2 Å². The quantitative estimate of drug-likeness (QED) is 0.711. The number of nitrogens with zero attached hydrogens (tertiary/aromatic N) is 2. The lowest BCUT2D eigenvalue weighted by Gasteiger charge is -2.32. The van der Waals surface area contributed by atoms with Crippen LogP contribution in [0.5, 0.6) is 0 Å². The summed E-state index contributed by atoms with van der Waals surface area (Å²) in [5.41, 5.74) is 0. The van der Waals surface area contributed by atoms with Crippen molar-refractivity contribution in [3.63, 3.8) is 0 Å². The van der Waals surface area contributed by atoms with E-state index in [0.29, 0.717) is 0 Å². The summed E-state index contributed by atoms with van der Waals surface area (Å²) in [6.07, 6.45) is 1.37. The van der Waals surface area contributed by atoms with Crippen LogP contribution in [0.3, 0.4) is 0 Å². The molecule has 0 spiro atoms. The van der Waals surface area contributed by atoms with E-state index in [-0.39, 0.29) is 0 Å². The summed E-state index contributed by atoms with van der Waals surface area (Å²) < 4.78 is 2.46. The first-order valence-corrected chi connectivity index (χ1v) is 9.28. The van der Waals surface area contributed by atoms with Crippen molar-refractivity contribution in [2.24, 2.45) is 0 Å². The molecule has 4 heteroatoms. The van der Waals surface area contributed by atoms with Crippen molar-refractivity contribution in [3.05, 3.63) is 0 Å². The molecular formula is C11H27N3Si. The molecule has 0 aromatic heterocycles. The van der Waals surface area contributed by atoms with Crippen LogP contribution < -0.4 is 5.32 Å². The zero-order chi connectivity index (χ0) is 11.3. The molecule has 1 aliphatic heterocycles. The Kier molecular flexibility index (Phi) is 5.25. The van der Waals surface area contributed by atoms with E-state index >= 15 is 0 Å². The van der Waals surface area contributed by atoms with Gasteiger partial charge < -0.3 is 14.8 Å². The molecule has 0 unspecified atom stereocenters. The molecule has 1 N–H and O–H groups in total. The molecule has 90 valence electrons. The van der Waals surface area contributed by atoms with E-state index in [1.807, 2.05) is 0 Å². The average Bonchev–Trinajstić information content (AvgIpc) is 2.19. The van der Waals surface area contributed by atoms with Gasteiger partial charge in [0.1, 0.15) is 8.24 Å². The van der Waals surface area contributed by atoms with Crippen molar-refractivity contribution < 1.29 is 0 Å². The lowest BCUT2D eigenvalue weighted by molar-refractivity contribution is 0.241. The monoisotopic (exact) mass is 229 g/mol. The molecule has 1 heterocycles. The Morgan fingerprint density at radius 1 is 1.20 bits per heavy atom. The molecule has 1 rings (SSSR count). The third kappa shape index (κ3) is 4.63. The number of hydrogen-bond donors (Lipinski definition) is 1. The number of hydrogen-bond acceptors (Lipinski definition) is 3. The van der Waals surface area contributed by atoms with Crippen LogP contribution in [-0.4, -0.2) is 64.5 Å². The van der Waals surface area contributed by atoms with Crippen molar-refractivity contribution in [2.45, 2.75) is 25.6 Å². The highest BCUT2D eigenvalue weighted by Crippen LogP contribution is 2.14. The molecule has 0 saturated carbocycles. The minimum atomic E-state index is -1.07. The van der Waals surface area contributed by atoms with Crippen molar-refractivity contribution in [1.29, 1.82) is 0 Å². The molecular weight excluding hydrogens is 202 g/mol. The van der Waals surface area contributed by atoms with Crippen LogP contribution in [0.15, 0.2) is 0 Å². The van der Waals surface area contributed by atoms with Crippen molar-refractivity contribution in [1.82, 2.24) is 14.8 Å². The second-order valence-corrected chi connectivity index (χ2v) is 10.4. The highest BCUT2D eigenvalue weighted by molar-refractivity contribution is 6.74.